The van der Waals surface area contributed by atoms with E-state index in [1.54, 1.807) is 0 Å². The van der Waals surface area contributed by atoms with Crippen LogP contribution in [0.5, 0.6) is 0 Å². The van der Waals surface area contributed by atoms with E-state index in [-0.39, 0.29) is 10.7 Å². The van der Waals surface area contributed by atoms with E-state index in [4.69, 9.17) is 18.0 Å². The fourth-order valence-corrected chi connectivity index (χ4v) is 0.682. The highest BCUT2D eigenvalue weighted by molar-refractivity contribution is 6.29. The molecule has 0 aliphatic carbocycles. The predicted octanol–water partition coefficient (Wildman–Crippen LogP) is 1.86. The first-order valence-corrected chi connectivity index (χ1v) is 2.89. The molecule has 0 N–H and O–H groups in total. The van der Waals surface area contributed by atoms with Gasteiger partial charge in [-0.3, -0.25) is 0 Å². The van der Waals surface area contributed by atoms with E-state index in [1.807, 2.05) is 0 Å². The molecule has 0 radical (unpaired) electrons. The monoisotopic (exact) mass is 155 g/mol. The van der Waals surface area contributed by atoms with Gasteiger partial charge in [0, 0.05) is 0 Å². The first-order chi connectivity index (χ1) is 4.74. The van der Waals surface area contributed by atoms with Crippen LogP contribution in [-0.2, 0) is 0 Å². The number of nitrogens with zero attached hydrogens (tertiary/aromatic N) is 1. The van der Waals surface area contributed by atoms with Crippen LogP contribution in [0.2, 0.25) is 5.15 Å². The number of aromatic nitrogens is 1. The highest BCUT2D eigenvalue weighted by Crippen LogP contribution is 2.09. The normalized spacial score (nSPS) is 8.90. The number of hydrogen-bond donors (Lipinski definition) is 0. The van der Waals surface area contributed by atoms with E-state index in [9.17, 15) is 4.39 Å². The van der Waals surface area contributed by atoms with Gasteiger partial charge in [-0.1, -0.05) is 17.5 Å². The maximum absolute atomic E-state index is 12.5. The van der Waals surface area contributed by atoms with E-state index >= 15 is 0 Å². The average Bonchev–Trinajstić information content (AvgIpc) is 1.94. The minimum absolute atomic E-state index is 0.139. The zero-order valence-corrected chi connectivity index (χ0v) is 5.69. The standard InChI is InChI=1S/C7H3ClFN/c1-2-5-3-7(8)10-4-6(5)9/h1,3-4H. The summed E-state index contributed by atoms with van der Waals surface area (Å²) < 4.78 is 12.5. The molecule has 0 aromatic carbocycles. The first kappa shape index (κ1) is 7.04. The second-order valence-electron chi connectivity index (χ2n) is 1.63. The van der Waals surface area contributed by atoms with Gasteiger partial charge in [0.2, 0.25) is 0 Å². The molecule has 0 unspecified atom stereocenters. The molecule has 0 saturated heterocycles. The Kier molecular flexibility index (Phi) is 1.88. The fourth-order valence-electron chi connectivity index (χ4n) is 0.524. The summed E-state index contributed by atoms with van der Waals surface area (Å²) in [5, 5.41) is 0.203. The lowest BCUT2D eigenvalue weighted by molar-refractivity contribution is 0.618. The molecule has 0 saturated carbocycles. The predicted molar refractivity (Wildman–Crippen MR) is 37.1 cm³/mol. The van der Waals surface area contributed by atoms with Gasteiger partial charge < -0.3 is 0 Å². The van der Waals surface area contributed by atoms with Gasteiger partial charge in [0.15, 0.2) is 5.82 Å². The van der Waals surface area contributed by atoms with Crippen LogP contribution in [0.3, 0.4) is 0 Å². The van der Waals surface area contributed by atoms with E-state index in [0.717, 1.165) is 6.20 Å². The van der Waals surface area contributed by atoms with Crippen molar-refractivity contribution in [3.05, 3.63) is 28.8 Å². The van der Waals surface area contributed by atoms with Crippen LogP contribution in [0, 0.1) is 18.2 Å². The van der Waals surface area contributed by atoms with E-state index in [0.29, 0.717) is 0 Å². The fraction of sp³-hybridized carbons (Fsp3) is 0. The summed E-state index contributed by atoms with van der Waals surface area (Å²) >= 11 is 5.42. The van der Waals surface area contributed by atoms with Crippen LogP contribution in [0.25, 0.3) is 0 Å². The molecule has 0 aliphatic heterocycles. The Labute approximate surface area is 62.8 Å². The Bertz CT molecular complexity index is 290. The first-order valence-electron chi connectivity index (χ1n) is 2.51. The molecule has 0 aliphatic rings. The Balaban J connectivity index is 3.25. The second kappa shape index (κ2) is 2.68. The maximum atomic E-state index is 12.5. The molecule has 0 fully saturated rings. The van der Waals surface area contributed by atoms with Crippen LogP contribution in [0.1, 0.15) is 5.56 Å². The highest BCUT2D eigenvalue weighted by Gasteiger charge is 1.98. The van der Waals surface area contributed by atoms with E-state index in [2.05, 4.69) is 10.9 Å². The van der Waals surface area contributed by atoms with Crippen LogP contribution >= 0.6 is 11.6 Å². The van der Waals surface area contributed by atoms with Crippen molar-refractivity contribution in [2.24, 2.45) is 0 Å². The Morgan fingerprint density at radius 1 is 1.70 bits per heavy atom. The molecule has 0 amide bonds. The topological polar surface area (TPSA) is 12.9 Å². The summed E-state index contributed by atoms with van der Waals surface area (Å²) in [7, 11) is 0. The minimum Gasteiger partial charge on any atom is -0.241 e. The largest absolute Gasteiger partial charge is 0.241 e. The Hall–Kier alpha value is -1.07. The summed E-state index contributed by atoms with van der Waals surface area (Å²) in [6.07, 6.45) is 5.94. The van der Waals surface area contributed by atoms with E-state index in [1.165, 1.54) is 6.07 Å². The minimum atomic E-state index is -0.521. The van der Waals surface area contributed by atoms with Crippen molar-refractivity contribution in [1.82, 2.24) is 4.98 Å². The van der Waals surface area contributed by atoms with Crippen molar-refractivity contribution >= 4 is 11.6 Å². The lowest BCUT2D eigenvalue weighted by Gasteiger charge is -1.92. The average molecular weight is 156 g/mol. The SMILES string of the molecule is C#Cc1cc(Cl)ncc1F. The quantitative estimate of drug-likeness (QED) is 0.412. The van der Waals surface area contributed by atoms with Gasteiger partial charge in [0.25, 0.3) is 0 Å². The van der Waals surface area contributed by atoms with Crippen molar-refractivity contribution in [1.29, 1.82) is 0 Å². The summed E-state index contributed by atoms with van der Waals surface area (Å²) in [4.78, 5) is 3.48. The third-order valence-corrected chi connectivity index (χ3v) is 1.18. The molecular formula is C7H3ClFN. The van der Waals surface area contributed by atoms with Gasteiger partial charge in [0.05, 0.1) is 11.8 Å². The van der Waals surface area contributed by atoms with Crippen molar-refractivity contribution in [3.63, 3.8) is 0 Å². The van der Waals surface area contributed by atoms with Crippen molar-refractivity contribution in [3.8, 4) is 12.3 Å². The third kappa shape index (κ3) is 1.26. The molecule has 10 heavy (non-hydrogen) atoms. The van der Waals surface area contributed by atoms with Crippen molar-refractivity contribution in [2.75, 3.05) is 0 Å². The molecule has 50 valence electrons. The third-order valence-electron chi connectivity index (χ3n) is 0.977. The molecule has 1 heterocycles. The van der Waals surface area contributed by atoms with Crippen LogP contribution in [-0.4, -0.2) is 4.98 Å². The maximum Gasteiger partial charge on any atom is 0.157 e. The number of pyridine rings is 1. The Morgan fingerprint density at radius 2 is 2.40 bits per heavy atom. The molecular weight excluding hydrogens is 153 g/mol. The zero-order valence-electron chi connectivity index (χ0n) is 4.94. The van der Waals surface area contributed by atoms with Gasteiger partial charge in [-0.25, -0.2) is 9.37 Å². The van der Waals surface area contributed by atoms with Gasteiger partial charge in [0.1, 0.15) is 5.15 Å². The molecule has 0 atom stereocenters. The van der Waals surface area contributed by atoms with Crippen LogP contribution in [0.15, 0.2) is 12.3 Å². The molecule has 1 aromatic heterocycles. The summed E-state index contributed by atoms with van der Waals surface area (Å²) in [5.41, 5.74) is 0.139. The summed E-state index contributed by atoms with van der Waals surface area (Å²) in [5.74, 6) is 1.62. The zero-order chi connectivity index (χ0) is 7.56. The van der Waals surface area contributed by atoms with Gasteiger partial charge in [-0.15, -0.1) is 6.42 Å². The van der Waals surface area contributed by atoms with Gasteiger partial charge in [-0.05, 0) is 6.07 Å². The summed E-state index contributed by atoms with van der Waals surface area (Å²) in [6.45, 7) is 0. The van der Waals surface area contributed by atoms with Gasteiger partial charge >= 0.3 is 0 Å². The van der Waals surface area contributed by atoms with Crippen LogP contribution < -0.4 is 0 Å². The van der Waals surface area contributed by atoms with E-state index < -0.39 is 5.82 Å². The lowest BCUT2D eigenvalue weighted by atomic mass is 10.3. The Morgan fingerprint density at radius 3 is 2.90 bits per heavy atom. The molecule has 1 nitrogen and oxygen atoms in total. The second-order valence-corrected chi connectivity index (χ2v) is 2.02. The molecule has 0 bridgehead atoms. The van der Waals surface area contributed by atoms with Crippen molar-refractivity contribution < 1.29 is 4.39 Å². The summed E-state index contributed by atoms with van der Waals surface area (Å²) in [6, 6.07) is 1.30. The molecule has 1 rings (SSSR count). The number of halogens is 2. The molecule has 0 spiro atoms. The smallest absolute Gasteiger partial charge is 0.157 e. The molecule has 3 heteroatoms. The van der Waals surface area contributed by atoms with Crippen LogP contribution in [0.4, 0.5) is 4.39 Å². The number of rotatable bonds is 0. The molecule has 1 aromatic rings. The number of terminal acetylenes is 1. The highest BCUT2D eigenvalue weighted by atomic mass is 35.5. The lowest BCUT2D eigenvalue weighted by Crippen LogP contribution is -1.84. The van der Waals surface area contributed by atoms with Crippen molar-refractivity contribution in [2.45, 2.75) is 0 Å². The van der Waals surface area contributed by atoms with Gasteiger partial charge in [-0.2, -0.15) is 0 Å². The number of hydrogen-bond acceptors (Lipinski definition) is 1.